The van der Waals surface area contributed by atoms with Gasteiger partial charge in [-0.15, -0.1) is 0 Å². The lowest BCUT2D eigenvalue weighted by Gasteiger charge is -2.63. The summed E-state index contributed by atoms with van der Waals surface area (Å²) in [5, 5.41) is 9.70. The summed E-state index contributed by atoms with van der Waals surface area (Å²) in [6, 6.07) is 0. The average Bonchev–Trinajstić information content (AvgIpc) is 2.86. The molecule has 4 heteroatoms. The largest absolute Gasteiger partial charge is 0.481 e. The summed E-state index contributed by atoms with van der Waals surface area (Å²) in [6.07, 6.45) is 5.82. The highest BCUT2D eigenvalue weighted by Gasteiger charge is 2.62. The van der Waals surface area contributed by atoms with Gasteiger partial charge in [-0.25, -0.2) is 0 Å². The lowest BCUT2D eigenvalue weighted by atomic mass is 9.49. The van der Waals surface area contributed by atoms with Gasteiger partial charge in [-0.1, -0.05) is 13.8 Å². The van der Waals surface area contributed by atoms with Crippen LogP contribution >= 0.6 is 0 Å². The average molecular weight is 333 g/mol. The van der Waals surface area contributed by atoms with Crippen molar-refractivity contribution in [3.8, 4) is 0 Å². The molecule has 4 aliphatic rings. The predicted octanol–water partition coefficient (Wildman–Crippen LogP) is 3.20. The van der Waals surface area contributed by atoms with Gasteiger partial charge in [-0.05, 0) is 68.1 Å². The standard InChI is InChI=1S/C20H31NO3/c1-12-10-21-11-13(22)6-9-20(21,3)15-7-8-19(2)14(17(12)15)4-5-16(19)18(23)24/h12,14-17H,4-11H2,1-3H3,(H,23,24)/t12?,14-,15+,16?,17-,19-,20+/m0/s1. The second-order valence-electron chi connectivity index (χ2n) is 9.56. The number of piperidine rings is 2. The van der Waals surface area contributed by atoms with E-state index in [4.69, 9.17) is 0 Å². The molecule has 7 atom stereocenters. The minimum absolute atomic E-state index is 0.0235. The molecule has 0 amide bonds. The SMILES string of the molecule is CC1CN2CC(=O)CC[C@]2(C)[C@@H]2CC[C@]3(C)C(C(=O)O)CC[C@H]3[C@H]12. The zero-order valence-electron chi connectivity index (χ0n) is 15.3. The van der Waals surface area contributed by atoms with Crippen LogP contribution in [0.3, 0.4) is 0 Å². The number of aliphatic carboxylic acids is 1. The molecular formula is C20H31NO3. The number of ketones is 1. The highest BCUT2D eigenvalue weighted by Crippen LogP contribution is 2.64. The first kappa shape index (κ1) is 16.6. The fourth-order valence-corrected chi connectivity index (χ4v) is 7.30. The second-order valence-corrected chi connectivity index (χ2v) is 9.56. The van der Waals surface area contributed by atoms with E-state index in [0.29, 0.717) is 36.0 Å². The number of carboxylic acid groups (broad SMARTS) is 1. The molecule has 0 aromatic carbocycles. The summed E-state index contributed by atoms with van der Waals surface area (Å²) >= 11 is 0. The van der Waals surface area contributed by atoms with Gasteiger partial charge in [0.25, 0.3) is 0 Å². The van der Waals surface area contributed by atoms with Gasteiger partial charge in [0, 0.05) is 18.5 Å². The summed E-state index contributed by atoms with van der Waals surface area (Å²) in [5.41, 5.74) is 0.123. The fourth-order valence-electron chi connectivity index (χ4n) is 7.30. The van der Waals surface area contributed by atoms with E-state index in [1.807, 2.05) is 0 Å². The fraction of sp³-hybridized carbons (Fsp3) is 0.900. The Hall–Kier alpha value is -0.900. The van der Waals surface area contributed by atoms with Crippen LogP contribution in [0.4, 0.5) is 0 Å². The molecule has 24 heavy (non-hydrogen) atoms. The molecule has 2 unspecified atom stereocenters. The van der Waals surface area contributed by atoms with Gasteiger partial charge in [0.05, 0.1) is 12.5 Å². The van der Waals surface area contributed by atoms with Gasteiger partial charge in [0.2, 0.25) is 0 Å². The normalized spacial score (nSPS) is 51.6. The van der Waals surface area contributed by atoms with Crippen molar-refractivity contribution in [2.45, 2.75) is 64.8 Å². The monoisotopic (exact) mass is 333 g/mol. The van der Waals surface area contributed by atoms with Crippen molar-refractivity contribution in [3.05, 3.63) is 0 Å². The Labute approximate surface area is 145 Å². The van der Waals surface area contributed by atoms with Crippen LogP contribution in [0.15, 0.2) is 0 Å². The van der Waals surface area contributed by atoms with Crippen LogP contribution in [0.25, 0.3) is 0 Å². The molecule has 0 bridgehead atoms. The van der Waals surface area contributed by atoms with Crippen LogP contribution in [-0.4, -0.2) is 40.4 Å². The third-order valence-corrected chi connectivity index (χ3v) is 8.59. The van der Waals surface area contributed by atoms with E-state index < -0.39 is 5.97 Å². The van der Waals surface area contributed by atoms with Crippen molar-refractivity contribution in [3.63, 3.8) is 0 Å². The number of hydrogen-bond acceptors (Lipinski definition) is 3. The number of rotatable bonds is 1. The molecule has 2 saturated carbocycles. The van der Waals surface area contributed by atoms with Crippen LogP contribution in [0, 0.1) is 35.0 Å². The first-order valence-electron chi connectivity index (χ1n) is 9.77. The number of carboxylic acids is 1. The molecule has 2 heterocycles. The Morgan fingerprint density at radius 1 is 1.17 bits per heavy atom. The molecule has 0 radical (unpaired) electrons. The summed E-state index contributed by atoms with van der Waals surface area (Å²) in [6.45, 7) is 8.62. The Morgan fingerprint density at radius 3 is 2.62 bits per heavy atom. The summed E-state index contributed by atoms with van der Waals surface area (Å²) in [4.78, 5) is 26.2. The van der Waals surface area contributed by atoms with Gasteiger partial charge in [0.15, 0.2) is 0 Å². The second kappa shape index (κ2) is 5.30. The van der Waals surface area contributed by atoms with E-state index in [0.717, 1.165) is 45.1 Å². The quantitative estimate of drug-likeness (QED) is 0.800. The maximum atomic E-state index is 12.0. The van der Waals surface area contributed by atoms with E-state index >= 15 is 0 Å². The molecule has 4 rings (SSSR count). The molecule has 4 fully saturated rings. The van der Waals surface area contributed by atoms with Crippen molar-refractivity contribution in [1.82, 2.24) is 4.90 Å². The number of carbonyl (C=O) groups is 2. The van der Waals surface area contributed by atoms with Crippen LogP contribution in [-0.2, 0) is 9.59 Å². The smallest absolute Gasteiger partial charge is 0.307 e. The number of carbonyl (C=O) groups excluding carboxylic acids is 1. The van der Waals surface area contributed by atoms with Crippen molar-refractivity contribution in [2.24, 2.45) is 35.0 Å². The number of hydrogen-bond donors (Lipinski definition) is 1. The highest BCUT2D eigenvalue weighted by atomic mass is 16.4. The van der Waals surface area contributed by atoms with Gasteiger partial charge in [-0.2, -0.15) is 0 Å². The van der Waals surface area contributed by atoms with Crippen molar-refractivity contribution < 1.29 is 14.7 Å². The van der Waals surface area contributed by atoms with E-state index in [1.54, 1.807) is 0 Å². The zero-order chi connectivity index (χ0) is 17.3. The maximum Gasteiger partial charge on any atom is 0.307 e. The molecule has 0 spiro atoms. The van der Waals surface area contributed by atoms with Crippen LogP contribution in [0.1, 0.15) is 59.3 Å². The topological polar surface area (TPSA) is 57.6 Å². The van der Waals surface area contributed by atoms with Crippen LogP contribution < -0.4 is 0 Å². The Bertz CT molecular complexity index is 575. The molecule has 134 valence electrons. The zero-order valence-corrected chi connectivity index (χ0v) is 15.3. The molecule has 2 aliphatic heterocycles. The van der Waals surface area contributed by atoms with E-state index in [1.165, 1.54) is 0 Å². The van der Waals surface area contributed by atoms with Gasteiger partial charge < -0.3 is 5.11 Å². The molecular weight excluding hydrogens is 302 g/mol. The Balaban J connectivity index is 1.67. The third kappa shape index (κ3) is 2.07. The number of fused-ring (bicyclic) bond motifs is 5. The van der Waals surface area contributed by atoms with Gasteiger partial charge in [-0.3, -0.25) is 14.5 Å². The van der Waals surface area contributed by atoms with Crippen LogP contribution in [0.2, 0.25) is 0 Å². The predicted molar refractivity (Wildman–Crippen MR) is 91.6 cm³/mol. The molecule has 1 N–H and O–H groups in total. The molecule has 2 saturated heterocycles. The van der Waals surface area contributed by atoms with Crippen molar-refractivity contribution in [2.75, 3.05) is 13.1 Å². The van der Waals surface area contributed by atoms with E-state index in [-0.39, 0.29) is 16.9 Å². The first-order chi connectivity index (χ1) is 11.3. The number of nitrogens with zero attached hydrogens (tertiary/aromatic N) is 1. The van der Waals surface area contributed by atoms with E-state index in [9.17, 15) is 14.7 Å². The number of Topliss-reactive ketones (excluding diaryl/α,β-unsaturated/α-hetero) is 1. The van der Waals surface area contributed by atoms with Crippen molar-refractivity contribution in [1.29, 1.82) is 0 Å². The Morgan fingerprint density at radius 2 is 1.92 bits per heavy atom. The Kier molecular flexibility index (Phi) is 3.66. The van der Waals surface area contributed by atoms with Gasteiger partial charge >= 0.3 is 5.97 Å². The first-order valence-corrected chi connectivity index (χ1v) is 9.77. The molecule has 2 aliphatic carbocycles. The van der Waals surface area contributed by atoms with Crippen molar-refractivity contribution >= 4 is 11.8 Å². The molecule has 4 nitrogen and oxygen atoms in total. The minimum Gasteiger partial charge on any atom is -0.481 e. The summed E-state index contributed by atoms with van der Waals surface area (Å²) < 4.78 is 0. The lowest BCUT2D eigenvalue weighted by molar-refractivity contribution is -0.162. The molecule has 0 aromatic rings. The summed E-state index contributed by atoms with van der Waals surface area (Å²) in [7, 11) is 0. The molecule has 0 aromatic heterocycles. The van der Waals surface area contributed by atoms with E-state index in [2.05, 4.69) is 25.7 Å². The third-order valence-electron chi connectivity index (χ3n) is 8.59. The highest BCUT2D eigenvalue weighted by molar-refractivity contribution is 5.81. The summed E-state index contributed by atoms with van der Waals surface area (Å²) in [5.74, 6) is 2.01. The van der Waals surface area contributed by atoms with Crippen LogP contribution in [0.5, 0.6) is 0 Å². The minimum atomic E-state index is -0.585. The van der Waals surface area contributed by atoms with Gasteiger partial charge in [0.1, 0.15) is 5.78 Å². The maximum absolute atomic E-state index is 12.0. The lowest BCUT2D eigenvalue weighted by Crippen LogP contribution is -2.67.